The fourth-order valence-electron chi connectivity index (χ4n) is 1.60. The highest BCUT2D eigenvalue weighted by atomic mass is 32.2. The van der Waals surface area contributed by atoms with Crippen molar-refractivity contribution in [2.75, 3.05) is 33.5 Å². The van der Waals surface area contributed by atoms with Gasteiger partial charge in [0.15, 0.2) is 11.5 Å². The highest BCUT2D eigenvalue weighted by molar-refractivity contribution is 7.89. The van der Waals surface area contributed by atoms with Crippen LogP contribution in [0.2, 0.25) is 0 Å². The van der Waals surface area contributed by atoms with E-state index in [1.807, 2.05) is 4.89 Å². The Kier molecular flexibility index (Phi) is 5.18. The molecule has 2 rings (SSSR count). The Morgan fingerprint density at radius 1 is 1.20 bits per heavy atom. The summed E-state index contributed by atoms with van der Waals surface area (Å²) in [6, 6.07) is 4.43. The second kappa shape index (κ2) is 6.89. The van der Waals surface area contributed by atoms with E-state index >= 15 is 0 Å². The van der Waals surface area contributed by atoms with Crippen molar-refractivity contribution >= 4 is 10.0 Å². The standard InChI is InChI=1S/C12H17NO6S/c1-16-7-8-19-13-20(14,15)10-3-4-11-12(9-10)18-6-2-5-17-11/h3-4,9,13H,2,5-8H2,1H3. The van der Waals surface area contributed by atoms with Crippen LogP contribution in [0.1, 0.15) is 6.42 Å². The van der Waals surface area contributed by atoms with Crippen molar-refractivity contribution < 1.29 is 27.5 Å². The fourth-order valence-corrected chi connectivity index (χ4v) is 2.45. The number of benzene rings is 1. The molecule has 1 heterocycles. The number of nitrogens with one attached hydrogen (secondary N) is 1. The predicted octanol–water partition coefficient (Wildman–Crippen LogP) is 0.704. The van der Waals surface area contributed by atoms with Crippen molar-refractivity contribution in [2.24, 2.45) is 0 Å². The molecule has 1 aromatic carbocycles. The minimum Gasteiger partial charge on any atom is -0.490 e. The lowest BCUT2D eigenvalue weighted by atomic mass is 10.3. The van der Waals surface area contributed by atoms with E-state index < -0.39 is 10.0 Å². The third kappa shape index (κ3) is 3.83. The van der Waals surface area contributed by atoms with Crippen LogP contribution in [0.25, 0.3) is 0 Å². The van der Waals surface area contributed by atoms with Crippen LogP contribution < -0.4 is 14.4 Å². The van der Waals surface area contributed by atoms with Gasteiger partial charge in [-0.05, 0) is 12.1 Å². The predicted molar refractivity (Wildman–Crippen MR) is 70.2 cm³/mol. The Hall–Kier alpha value is -1.35. The lowest BCUT2D eigenvalue weighted by molar-refractivity contribution is 0.0438. The Morgan fingerprint density at radius 3 is 2.70 bits per heavy atom. The molecule has 1 aromatic rings. The van der Waals surface area contributed by atoms with Gasteiger partial charge in [0, 0.05) is 19.6 Å². The van der Waals surface area contributed by atoms with Crippen molar-refractivity contribution in [1.82, 2.24) is 4.89 Å². The topological polar surface area (TPSA) is 83.1 Å². The molecule has 1 aliphatic heterocycles. The van der Waals surface area contributed by atoms with Gasteiger partial charge in [0.1, 0.15) is 0 Å². The van der Waals surface area contributed by atoms with Gasteiger partial charge >= 0.3 is 0 Å². The number of methoxy groups -OCH3 is 1. The maximum atomic E-state index is 12.0. The Labute approximate surface area is 117 Å². The summed E-state index contributed by atoms with van der Waals surface area (Å²) < 4.78 is 39.6. The SMILES string of the molecule is COCCONS(=O)(=O)c1ccc2c(c1)OCCCO2. The molecule has 1 N–H and O–H groups in total. The molecule has 0 amide bonds. The lowest BCUT2D eigenvalue weighted by Crippen LogP contribution is -2.25. The summed E-state index contributed by atoms with van der Waals surface area (Å²) in [5.41, 5.74) is 0. The molecule has 0 unspecified atom stereocenters. The van der Waals surface area contributed by atoms with E-state index in [0.717, 1.165) is 6.42 Å². The van der Waals surface area contributed by atoms with E-state index in [0.29, 0.717) is 31.3 Å². The first-order chi connectivity index (χ1) is 9.63. The monoisotopic (exact) mass is 303 g/mol. The van der Waals surface area contributed by atoms with E-state index in [4.69, 9.17) is 19.0 Å². The van der Waals surface area contributed by atoms with Gasteiger partial charge in [-0.25, -0.2) is 8.42 Å². The van der Waals surface area contributed by atoms with Crippen LogP contribution in [0.15, 0.2) is 23.1 Å². The molecule has 0 saturated heterocycles. The van der Waals surface area contributed by atoms with E-state index in [2.05, 4.69) is 0 Å². The average Bonchev–Trinajstić information content (AvgIpc) is 2.68. The first-order valence-corrected chi connectivity index (χ1v) is 7.64. The van der Waals surface area contributed by atoms with Crippen molar-refractivity contribution in [3.63, 3.8) is 0 Å². The fraction of sp³-hybridized carbons (Fsp3) is 0.500. The molecule has 1 aliphatic rings. The van der Waals surface area contributed by atoms with Crippen molar-refractivity contribution in [1.29, 1.82) is 0 Å². The average molecular weight is 303 g/mol. The smallest absolute Gasteiger partial charge is 0.262 e. The number of hydrogen-bond acceptors (Lipinski definition) is 6. The second-order valence-corrected chi connectivity index (χ2v) is 5.73. The summed E-state index contributed by atoms with van der Waals surface area (Å²) in [6.45, 7) is 1.47. The zero-order chi connectivity index (χ0) is 14.4. The van der Waals surface area contributed by atoms with Crippen molar-refractivity contribution in [3.05, 3.63) is 18.2 Å². The van der Waals surface area contributed by atoms with Gasteiger partial charge in [-0.1, -0.05) is 4.89 Å². The molecule has 112 valence electrons. The molecule has 0 bridgehead atoms. The van der Waals surface area contributed by atoms with E-state index in [-0.39, 0.29) is 11.5 Å². The minimum atomic E-state index is -3.75. The van der Waals surface area contributed by atoms with Gasteiger partial charge in [-0.15, -0.1) is 0 Å². The lowest BCUT2D eigenvalue weighted by Gasteiger charge is -2.10. The zero-order valence-corrected chi connectivity index (χ0v) is 11.9. The molecule has 0 saturated carbocycles. The molecule has 0 aliphatic carbocycles. The van der Waals surface area contributed by atoms with Gasteiger partial charge in [0.2, 0.25) is 0 Å². The molecule has 0 aromatic heterocycles. The number of rotatable bonds is 6. The van der Waals surface area contributed by atoms with Gasteiger partial charge in [-0.2, -0.15) is 0 Å². The Balaban J connectivity index is 2.09. The van der Waals surface area contributed by atoms with Crippen LogP contribution in [-0.2, 0) is 19.6 Å². The van der Waals surface area contributed by atoms with Crippen LogP contribution in [0, 0.1) is 0 Å². The maximum Gasteiger partial charge on any atom is 0.262 e. The Morgan fingerprint density at radius 2 is 1.95 bits per heavy atom. The van der Waals surface area contributed by atoms with Gasteiger partial charge in [-0.3, -0.25) is 4.84 Å². The molecule has 8 heteroatoms. The van der Waals surface area contributed by atoms with Gasteiger partial charge < -0.3 is 14.2 Å². The summed E-state index contributed by atoms with van der Waals surface area (Å²) >= 11 is 0. The highest BCUT2D eigenvalue weighted by Crippen LogP contribution is 2.31. The van der Waals surface area contributed by atoms with Crippen LogP contribution in [0.4, 0.5) is 0 Å². The Bertz CT molecular complexity index is 545. The molecular formula is C12H17NO6S. The number of ether oxygens (including phenoxy) is 3. The van der Waals surface area contributed by atoms with E-state index in [1.54, 1.807) is 6.07 Å². The van der Waals surface area contributed by atoms with Crippen LogP contribution in [0.5, 0.6) is 11.5 Å². The largest absolute Gasteiger partial charge is 0.490 e. The third-order valence-corrected chi connectivity index (χ3v) is 3.80. The number of fused-ring (bicyclic) bond motifs is 1. The minimum absolute atomic E-state index is 0.0548. The summed E-state index contributed by atoms with van der Waals surface area (Å²) in [6.07, 6.45) is 0.759. The maximum absolute atomic E-state index is 12.0. The first kappa shape index (κ1) is 15.0. The van der Waals surface area contributed by atoms with Gasteiger partial charge in [0.25, 0.3) is 10.0 Å². The summed E-state index contributed by atoms with van der Waals surface area (Å²) in [7, 11) is -2.25. The first-order valence-electron chi connectivity index (χ1n) is 6.15. The van der Waals surface area contributed by atoms with E-state index in [1.165, 1.54) is 19.2 Å². The number of sulfonamides is 1. The van der Waals surface area contributed by atoms with E-state index in [9.17, 15) is 8.42 Å². The number of hydrogen-bond donors (Lipinski definition) is 1. The quantitative estimate of drug-likeness (QED) is 0.615. The second-order valence-electron chi connectivity index (χ2n) is 4.09. The normalized spacial score (nSPS) is 14.8. The molecule has 0 fully saturated rings. The van der Waals surface area contributed by atoms with Crippen LogP contribution in [0.3, 0.4) is 0 Å². The summed E-state index contributed by atoms with van der Waals surface area (Å²) in [4.78, 5) is 6.91. The molecule has 0 atom stereocenters. The summed E-state index contributed by atoms with van der Waals surface area (Å²) in [5.74, 6) is 0.962. The molecule has 20 heavy (non-hydrogen) atoms. The highest BCUT2D eigenvalue weighted by Gasteiger charge is 2.18. The van der Waals surface area contributed by atoms with Crippen molar-refractivity contribution in [2.45, 2.75) is 11.3 Å². The molecular weight excluding hydrogens is 286 g/mol. The molecule has 0 spiro atoms. The van der Waals surface area contributed by atoms with Crippen LogP contribution >= 0.6 is 0 Å². The summed E-state index contributed by atoms with van der Waals surface area (Å²) in [5, 5.41) is 0. The molecule has 0 radical (unpaired) electrons. The van der Waals surface area contributed by atoms with Crippen LogP contribution in [-0.4, -0.2) is 42.0 Å². The molecule has 7 nitrogen and oxygen atoms in total. The zero-order valence-electron chi connectivity index (χ0n) is 11.1. The van der Waals surface area contributed by atoms with Gasteiger partial charge in [0.05, 0.1) is 31.3 Å². The van der Waals surface area contributed by atoms with Crippen molar-refractivity contribution in [3.8, 4) is 11.5 Å². The third-order valence-electron chi connectivity index (χ3n) is 2.59.